The monoisotopic (exact) mass is 200 g/mol. The first-order valence-corrected chi connectivity index (χ1v) is 4.37. The molecule has 1 rings (SSSR count). The van der Waals surface area contributed by atoms with Gasteiger partial charge in [0.15, 0.2) is 11.2 Å². The first-order chi connectivity index (χ1) is 6.53. The standard InChI is InChI=1S/C9H12O5/c1-3-13-8(12)9(6(2)10)4-7(11)14-5-9/h3-5H2,1-2H3. The van der Waals surface area contributed by atoms with Crippen LogP contribution in [0.5, 0.6) is 0 Å². The van der Waals surface area contributed by atoms with Crippen LogP contribution in [0.1, 0.15) is 20.3 Å². The van der Waals surface area contributed by atoms with Crippen LogP contribution in [-0.2, 0) is 23.9 Å². The number of rotatable bonds is 3. The maximum absolute atomic E-state index is 11.5. The Bertz CT molecular complexity index is 283. The number of ether oxygens (including phenoxy) is 2. The molecule has 1 atom stereocenters. The average Bonchev–Trinajstić information content (AvgIpc) is 2.49. The van der Waals surface area contributed by atoms with Crippen LogP contribution in [0, 0.1) is 5.41 Å². The van der Waals surface area contributed by atoms with Crippen LogP contribution in [0.25, 0.3) is 0 Å². The molecule has 0 N–H and O–H groups in total. The minimum atomic E-state index is -1.40. The van der Waals surface area contributed by atoms with E-state index in [1.807, 2.05) is 0 Å². The van der Waals surface area contributed by atoms with Gasteiger partial charge in [-0.3, -0.25) is 14.4 Å². The van der Waals surface area contributed by atoms with Gasteiger partial charge in [0, 0.05) is 0 Å². The molecule has 1 aliphatic heterocycles. The van der Waals surface area contributed by atoms with Crippen LogP contribution in [0.2, 0.25) is 0 Å². The van der Waals surface area contributed by atoms with E-state index in [9.17, 15) is 14.4 Å². The van der Waals surface area contributed by atoms with E-state index < -0.39 is 17.4 Å². The number of hydrogen-bond acceptors (Lipinski definition) is 5. The van der Waals surface area contributed by atoms with Crippen molar-refractivity contribution in [3.8, 4) is 0 Å². The molecule has 1 saturated heterocycles. The molecule has 1 fully saturated rings. The quantitative estimate of drug-likeness (QED) is 0.476. The Labute approximate surface area is 81.4 Å². The summed E-state index contributed by atoms with van der Waals surface area (Å²) in [4.78, 5) is 33.7. The lowest BCUT2D eigenvalue weighted by molar-refractivity contribution is -0.159. The molecule has 5 heteroatoms. The van der Waals surface area contributed by atoms with Crippen molar-refractivity contribution in [2.45, 2.75) is 20.3 Å². The lowest BCUT2D eigenvalue weighted by Gasteiger charge is -2.19. The number of carbonyl (C=O) groups excluding carboxylic acids is 3. The van der Waals surface area contributed by atoms with E-state index in [0.717, 1.165) is 0 Å². The molecule has 14 heavy (non-hydrogen) atoms. The number of hydrogen-bond donors (Lipinski definition) is 0. The molecule has 0 amide bonds. The third-order valence-corrected chi connectivity index (χ3v) is 2.27. The van der Waals surface area contributed by atoms with Gasteiger partial charge in [0.2, 0.25) is 0 Å². The van der Waals surface area contributed by atoms with Gasteiger partial charge in [0.05, 0.1) is 13.0 Å². The Morgan fingerprint density at radius 1 is 1.57 bits per heavy atom. The summed E-state index contributed by atoms with van der Waals surface area (Å²) in [5.74, 6) is -1.59. The zero-order valence-electron chi connectivity index (χ0n) is 8.16. The molecule has 0 aliphatic carbocycles. The lowest BCUT2D eigenvalue weighted by Crippen LogP contribution is -2.40. The summed E-state index contributed by atoms with van der Waals surface area (Å²) in [5.41, 5.74) is -1.40. The van der Waals surface area contributed by atoms with E-state index in [4.69, 9.17) is 4.74 Å². The molecule has 0 saturated carbocycles. The van der Waals surface area contributed by atoms with Gasteiger partial charge in [0.1, 0.15) is 6.61 Å². The van der Waals surface area contributed by atoms with Crippen LogP contribution in [0.4, 0.5) is 0 Å². The zero-order chi connectivity index (χ0) is 10.8. The number of carbonyl (C=O) groups is 3. The van der Waals surface area contributed by atoms with E-state index in [1.165, 1.54) is 6.92 Å². The average molecular weight is 200 g/mol. The molecule has 0 radical (unpaired) electrons. The SMILES string of the molecule is CCOC(=O)C1(C(C)=O)COC(=O)C1. The van der Waals surface area contributed by atoms with Gasteiger partial charge in [-0.1, -0.05) is 0 Å². The van der Waals surface area contributed by atoms with E-state index in [2.05, 4.69) is 4.74 Å². The second kappa shape index (κ2) is 3.77. The topological polar surface area (TPSA) is 69.7 Å². The second-order valence-corrected chi connectivity index (χ2v) is 3.20. The summed E-state index contributed by atoms with van der Waals surface area (Å²) in [6.45, 7) is 2.89. The lowest BCUT2D eigenvalue weighted by atomic mass is 9.83. The molecule has 0 aromatic carbocycles. The Morgan fingerprint density at radius 3 is 2.57 bits per heavy atom. The normalized spacial score (nSPS) is 25.7. The van der Waals surface area contributed by atoms with E-state index in [-0.39, 0.29) is 25.4 Å². The van der Waals surface area contributed by atoms with Crippen LogP contribution >= 0.6 is 0 Å². The first-order valence-electron chi connectivity index (χ1n) is 4.37. The van der Waals surface area contributed by atoms with Crippen molar-refractivity contribution in [3.05, 3.63) is 0 Å². The molecular weight excluding hydrogens is 188 g/mol. The Balaban J connectivity index is 2.88. The van der Waals surface area contributed by atoms with Gasteiger partial charge < -0.3 is 9.47 Å². The highest BCUT2D eigenvalue weighted by Gasteiger charge is 2.52. The molecular formula is C9H12O5. The first kappa shape index (κ1) is 10.7. The summed E-state index contributed by atoms with van der Waals surface area (Å²) in [6, 6.07) is 0. The van der Waals surface area contributed by atoms with Gasteiger partial charge in [0.25, 0.3) is 0 Å². The summed E-state index contributed by atoms with van der Waals surface area (Å²) in [7, 11) is 0. The van der Waals surface area contributed by atoms with Crippen LogP contribution in [0.15, 0.2) is 0 Å². The minimum absolute atomic E-state index is 0.183. The maximum Gasteiger partial charge on any atom is 0.323 e. The molecule has 0 bridgehead atoms. The van der Waals surface area contributed by atoms with Crippen molar-refractivity contribution in [1.82, 2.24) is 0 Å². The Morgan fingerprint density at radius 2 is 2.21 bits per heavy atom. The highest BCUT2D eigenvalue weighted by molar-refractivity contribution is 6.07. The third kappa shape index (κ3) is 1.62. The highest BCUT2D eigenvalue weighted by Crippen LogP contribution is 2.32. The fourth-order valence-electron chi connectivity index (χ4n) is 1.32. The Hall–Kier alpha value is -1.39. The predicted octanol–water partition coefficient (Wildman–Crippen LogP) is 0.0718. The van der Waals surface area contributed by atoms with Gasteiger partial charge in [-0.15, -0.1) is 0 Å². The predicted molar refractivity (Wildman–Crippen MR) is 45.3 cm³/mol. The minimum Gasteiger partial charge on any atom is -0.465 e. The summed E-state index contributed by atoms with van der Waals surface area (Å²) in [5, 5.41) is 0. The van der Waals surface area contributed by atoms with Crippen LogP contribution in [0.3, 0.4) is 0 Å². The molecule has 1 aliphatic rings. The van der Waals surface area contributed by atoms with Crippen molar-refractivity contribution < 1.29 is 23.9 Å². The second-order valence-electron chi connectivity index (χ2n) is 3.20. The van der Waals surface area contributed by atoms with E-state index in [0.29, 0.717) is 0 Å². The fourth-order valence-corrected chi connectivity index (χ4v) is 1.32. The van der Waals surface area contributed by atoms with Crippen molar-refractivity contribution in [2.24, 2.45) is 5.41 Å². The molecule has 1 heterocycles. The van der Waals surface area contributed by atoms with Crippen molar-refractivity contribution >= 4 is 17.7 Å². The summed E-state index contributed by atoms with van der Waals surface area (Å²) in [6.07, 6.45) is -0.207. The van der Waals surface area contributed by atoms with Crippen molar-refractivity contribution in [3.63, 3.8) is 0 Å². The number of cyclic esters (lactones) is 1. The van der Waals surface area contributed by atoms with Gasteiger partial charge in [-0.2, -0.15) is 0 Å². The number of ketones is 1. The van der Waals surface area contributed by atoms with Crippen molar-refractivity contribution in [1.29, 1.82) is 0 Å². The molecule has 0 aromatic rings. The highest BCUT2D eigenvalue weighted by atomic mass is 16.6. The molecule has 0 aromatic heterocycles. The fraction of sp³-hybridized carbons (Fsp3) is 0.667. The zero-order valence-corrected chi connectivity index (χ0v) is 8.16. The molecule has 5 nitrogen and oxygen atoms in total. The summed E-state index contributed by atoms with van der Waals surface area (Å²) < 4.78 is 9.38. The van der Waals surface area contributed by atoms with Gasteiger partial charge in [-0.25, -0.2) is 0 Å². The Kier molecular flexibility index (Phi) is 2.88. The van der Waals surface area contributed by atoms with E-state index >= 15 is 0 Å². The van der Waals surface area contributed by atoms with E-state index in [1.54, 1.807) is 6.92 Å². The van der Waals surface area contributed by atoms with Gasteiger partial charge in [-0.05, 0) is 13.8 Å². The molecule has 1 unspecified atom stereocenters. The third-order valence-electron chi connectivity index (χ3n) is 2.27. The van der Waals surface area contributed by atoms with Crippen LogP contribution in [-0.4, -0.2) is 30.9 Å². The molecule has 78 valence electrons. The number of Topliss-reactive ketones (excluding diaryl/α,β-unsaturated/α-hetero) is 1. The maximum atomic E-state index is 11.5. The largest absolute Gasteiger partial charge is 0.465 e. The van der Waals surface area contributed by atoms with Crippen LogP contribution < -0.4 is 0 Å². The summed E-state index contributed by atoms with van der Waals surface area (Å²) >= 11 is 0. The number of esters is 2. The van der Waals surface area contributed by atoms with Crippen molar-refractivity contribution in [2.75, 3.05) is 13.2 Å². The van der Waals surface area contributed by atoms with Gasteiger partial charge >= 0.3 is 11.9 Å². The molecule has 0 spiro atoms. The smallest absolute Gasteiger partial charge is 0.323 e.